The van der Waals surface area contributed by atoms with Crippen molar-refractivity contribution in [1.29, 1.82) is 0 Å². The number of aliphatic hydroxyl groups excluding tert-OH is 8. The van der Waals surface area contributed by atoms with E-state index < -0.39 is 86.8 Å². The first-order valence-corrected chi connectivity index (χ1v) is 25.4. The van der Waals surface area contributed by atoms with Crippen LogP contribution in [0.1, 0.15) is 174 Å². The lowest BCUT2D eigenvalue weighted by atomic mass is 9.97. The molecule has 0 saturated carbocycles. The number of unbranched alkanes of at least 4 members (excludes halogenated alkanes) is 19. The summed E-state index contributed by atoms with van der Waals surface area (Å²) in [6.45, 7) is 2.72. The average molecular weight is 926 g/mol. The van der Waals surface area contributed by atoms with Gasteiger partial charge in [0.2, 0.25) is 5.91 Å². The molecule has 378 valence electrons. The zero-order chi connectivity index (χ0) is 47.5. The molecule has 2 heterocycles. The van der Waals surface area contributed by atoms with Crippen LogP contribution in [0.25, 0.3) is 0 Å². The Balaban J connectivity index is 1.84. The molecule has 2 saturated heterocycles. The van der Waals surface area contributed by atoms with Crippen LogP contribution < -0.4 is 5.32 Å². The number of hydrogen-bond acceptors (Lipinski definition) is 13. The van der Waals surface area contributed by atoms with Crippen LogP contribution >= 0.6 is 0 Å². The molecule has 2 rings (SSSR count). The van der Waals surface area contributed by atoms with Crippen molar-refractivity contribution in [2.45, 2.75) is 248 Å². The number of allylic oxidation sites excluding steroid dienone is 7. The van der Waals surface area contributed by atoms with Crippen molar-refractivity contribution in [3.63, 3.8) is 0 Å². The number of aliphatic hydroxyl groups is 8. The fourth-order valence-corrected chi connectivity index (χ4v) is 8.06. The van der Waals surface area contributed by atoms with Gasteiger partial charge in [0.05, 0.1) is 32.0 Å². The van der Waals surface area contributed by atoms with E-state index in [4.69, 9.17) is 18.9 Å². The van der Waals surface area contributed by atoms with E-state index in [1.54, 1.807) is 6.08 Å². The smallest absolute Gasteiger partial charge is 0.220 e. The minimum atomic E-state index is -1.79. The van der Waals surface area contributed by atoms with E-state index in [0.29, 0.717) is 6.42 Å². The van der Waals surface area contributed by atoms with Gasteiger partial charge in [-0.25, -0.2) is 0 Å². The first kappa shape index (κ1) is 59.1. The summed E-state index contributed by atoms with van der Waals surface area (Å²) in [5.74, 6) is -0.255. The molecule has 2 aliphatic rings. The molecule has 2 aliphatic heterocycles. The van der Waals surface area contributed by atoms with Crippen molar-refractivity contribution < 1.29 is 64.6 Å². The lowest BCUT2D eigenvalue weighted by Crippen LogP contribution is -2.65. The number of nitrogens with one attached hydrogen (secondary N) is 1. The van der Waals surface area contributed by atoms with Gasteiger partial charge in [0.25, 0.3) is 0 Å². The van der Waals surface area contributed by atoms with E-state index in [9.17, 15) is 45.6 Å². The maximum atomic E-state index is 13.2. The summed E-state index contributed by atoms with van der Waals surface area (Å²) in [5.41, 5.74) is 0. The Kier molecular flexibility index (Phi) is 34.4. The second kappa shape index (κ2) is 37.9. The minimum Gasteiger partial charge on any atom is -0.394 e. The van der Waals surface area contributed by atoms with E-state index in [1.807, 2.05) is 6.08 Å². The van der Waals surface area contributed by atoms with Crippen LogP contribution in [0.3, 0.4) is 0 Å². The van der Waals surface area contributed by atoms with Gasteiger partial charge in [-0.3, -0.25) is 4.79 Å². The Bertz CT molecular complexity index is 1280. The van der Waals surface area contributed by atoms with Crippen LogP contribution in [0.2, 0.25) is 0 Å². The highest BCUT2D eigenvalue weighted by Crippen LogP contribution is 2.30. The highest BCUT2D eigenvalue weighted by atomic mass is 16.7. The number of ether oxygens (including phenoxy) is 4. The second-order valence-electron chi connectivity index (χ2n) is 17.9. The number of rotatable bonds is 38. The lowest BCUT2D eigenvalue weighted by Gasteiger charge is -2.46. The molecule has 12 atom stereocenters. The molecule has 14 heteroatoms. The molecule has 2 fully saturated rings. The quantitative estimate of drug-likeness (QED) is 0.0239. The molecule has 9 N–H and O–H groups in total. The molecule has 65 heavy (non-hydrogen) atoms. The zero-order valence-electron chi connectivity index (χ0n) is 40.0. The zero-order valence-corrected chi connectivity index (χ0v) is 40.0. The number of carbonyl (C=O) groups excluding carboxylic acids is 1. The molecule has 0 aromatic carbocycles. The van der Waals surface area contributed by atoms with Gasteiger partial charge in [-0.05, 0) is 57.8 Å². The van der Waals surface area contributed by atoms with Gasteiger partial charge in [-0.2, -0.15) is 0 Å². The topological polar surface area (TPSA) is 228 Å². The largest absolute Gasteiger partial charge is 0.394 e. The van der Waals surface area contributed by atoms with Crippen LogP contribution in [0.4, 0.5) is 0 Å². The summed E-state index contributed by atoms with van der Waals surface area (Å²) in [6, 6.07) is -0.921. The van der Waals surface area contributed by atoms with Crippen molar-refractivity contribution in [3.8, 4) is 0 Å². The normalized spacial score (nSPS) is 27.4. The molecular formula is C51H91NO13. The van der Waals surface area contributed by atoms with Crippen molar-refractivity contribution in [1.82, 2.24) is 5.32 Å². The van der Waals surface area contributed by atoms with Crippen LogP contribution in [-0.4, -0.2) is 140 Å². The lowest BCUT2D eigenvalue weighted by molar-refractivity contribution is -0.359. The van der Waals surface area contributed by atoms with E-state index in [0.717, 1.165) is 70.6 Å². The van der Waals surface area contributed by atoms with Crippen molar-refractivity contribution in [2.75, 3.05) is 19.8 Å². The summed E-state index contributed by atoms with van der Waals surface area (Å²) in [4.78, 5) is 13.2. The van der Waals surface area contributed by atoms with Gasteiger partial charge in [0.1, 0.15) is 48.8 Å². The molecule has 0 spiro atoms. The number of amides is 1. The van der Waals surface area contributed by atoms with Gasteiger partial charge in [0.15, 0.2) is 12.6 Å². The standard InChI is InChI=1S/C51H91NO13/c1-3-5-7-9-11-13-15-17-18-19-20-21-22-23-25-27-29-31-33-35-43(56)52-39(40(55)34-32-30-28-26-24-16-14-12-10-8-6-4-2)38-62-50-48(61)46(59)49(42(37-54)64-50)65-51-47(60)45(58)44(57)41(36-53)63-51/h11,13,17-18,20-21,32,34,39-42,44-51,53-55,57-61H,3-10,12,14-16,19,22-31,33,35-38H2,1-2H3,(H,52,56)/b13-11-,18-17-,21-20-,34-32+. The molecule has 1 amide bonds. The minimum absolute atomic E-state index is 0.255. The fourth-order valence-electron chi connectivity index (χ4n) is 8.06. The Hall–Kier alpha value is -2.05. The van der Waals surface area contributed by atoms with E-state index in [-0.39, 0.29) is 18.9 Å². The molecule has 0 bridgehead atoms. The van der Waals surface area contributed by atoms with E-state index in [1.165, 1.54) is 77.0 Å². The highest BCUT2D eigenvalue weighted by molar-refractivity contribution is 5.76. The summed E-state index contributed by atoms with van der Waals surface area (Å²) in [6.07, 6.45) is 27.2. The third-order valence-electron chi connectivity index (χ3n) is 12.3. The van der Waals surface area contributed by atoms with Crippen molar-refractivity contribution in [2.24, 2.45) is 0 Å². The summed E-state index contributed by atoms with van der Waals surface area (Å²) >= 11 is 0. The van der Waals surface area contributed by atoms with Gasteiger partial charge in [-0.1, -0.05) is 159 Å². The van der Waals surface area contributed by atoms with Crippen LogP contribution in [0, 0.1) is 0 Å². The summed E-state index contributed by atoms with van der Waals surface area (Å²) in [7, 11) is 0. The Morgan fingerprint density at radius 1 is 0.554 bits per heavy atom. The Morgan fingerprint density at radius 2 is 1.02 bits per heavy atom. The third-order valence-corrected chi connectivity index (χ3v) is 12.3. The first-order valence-electron chi connectivity index (χ1n) is 25.4. The van der Waals surface area contributed by atoms with E-state index >= 15 is 0 Å². The molecule has 0 aromatic heterocycles. The van der Waals surface area contributed by atoms with Gasteiger partial charge in [0, 0.05) is 6.42 Å². The average Bonchev–Trinajstić information content (AvgIpc) is 3.30. The van der Waals surface area contributed by atoms with Crippen LogP contribution in [0.5, 0.6) is 0 Å². The van der Waals surface area contributed by atoms with Crippen LogP contribution in [0.15, 0.2) is 48.6 Å². The SMILES string of the molecule is CCCCC/C=C\C/C=C\C/C=C\CCCCCCCCC(=O)NC(COC1OC(CO)C(OC2OC(CO)C(O)C(O)C2O)C(O)C1O)C(O)/C=C/CCCCCCCCCCCC. The maximum absolute atomic E-state index is 13.2. The Morgan fingerprint density at radius 3 is 1.58 bits per heavy atom. The van der Waals surface area contributed by atoms with Crippen molar-refractivity contribution >= 4 is 5.91 Å². The first-order chi connectivity index (χ1) is 31.6. The van der Waals surface area contributed by atoms with Gasteiger partial charge in [-0.15, -0.1) is 0 Å². The molecule has 0 aliphatic carbocycles. The fraction of sp³-hybridized carbons (Fsp3) is 0.824. The van der Waals surface area contributed by atoms with E-state index in [2.05, 4.69) is 55.6 Å². The second-order valence-corrected chi connectivity index (χ2v) is 17.9. The Labute approximate surface area is 391 Å². The van der Waals surface area contributed by atoms with Crippen LogP contribution in [-0.2, 0) is 23.7 Å². The molecule has 0 radical (unpaired) electrons. The maximum Gasteiger partial charge on any atom is 0.220 e. The summed E-state index contributed by atoms with van der Waals surface area (Å²) < 4.78 is 22.7. The molecule has 14 nitrogen and oxygen atoms in total. The molecule has 0 aromatic rings. The molecule has 12 unspecified atom stereocenters. The molecular weight excluding hydrogens is 835 g/mol. The number of carbonyl (C=O) groups is 1. The number of hydrogen-bond donors (Lipinski definition) is 9. The highest BCUT2D eigenvalue weighted by Gasteiger charge is 2.51. The van der Waals surface area contributed by atoms with Crippen molar-refractivity contribution in [3.05, 3.63) is 48.6 Å². The van der Waals surface area contributed by atoms with Gasteiger partial charge >= 0.3 is 0 Å². The monoisotopic (exact) mass is 926 g/mol. The van der Waals surface area contributed by atoms with Gasteiger partial charge < -0.3 is 65.1 Å². The third kappa shape index (κ3) is 25.2. The predicted molar refractivity (Wildman–Crippen MR) is 254 cm³/mol. The predicted octanol–water partition coefficient (Wildman–Crippen LogP) is 6.49. The summed E-state index contributed by atoms with van der Waals surface area (Å²) in [5, 5.41) is 86.7.